The molecule has 1 aliphatic rings. The Balaban J connectivity index is 2.38. The molecular weight excluding hydrogens is 339 g/mol. The zero-order chi connectivity index (χ0) is 15.5. The molecule has 1 atom stereocenters. The van der Waals surface area contributed by atoms with Crippen LogP contribution in [0.15, 0.2) is 22.7 Å². The van der Waals surface area contributed by atoms with Crippen LogP contribution >= 0.6 is 15.9 Å². The number of hydrogen-bond donors (Lipinski definition) is 0. The summed E-state index contributed by atoms with van der Waals surface area (Å²) in [6, 6.07) is 4.66. The molecule has 0 amide bonds. The minimum Gasteiger partial charge on any atom is -0.465 e. The lowest BCUT2D eigenvalue weighted by atomic mass is 9.69. The fourth-order valence-corrected chi connectivity index (χ4v) is 3.25. The third kappa shape index (κ3) is 3.18. The van der Waals surface area contributed by atoms with Crippen molar-refractivity contribution < 1.29 is 18.7 Å². The highest BCUT2D eigenvalue weighted by Gasteiger charge is 2.48. The lowest BCUT2D eigenvalue weighted by Crippen LogP contribution is -2.44. The first-order chi connectivity index (χ1) is 10.0. The van der Waals surface area contributed by atoms with Gasteiger partial charge in [-0.2, -0.15) is 0 Å². The van der Waals surface area contributed by atoms with Crippen molar-refractivity contribution in [2.24, 2.45) is 5.41 Å². The van der Waals surface area contributed by atoms with Gasteiger partial charge in [-0.25, -0.2) is 4.39 Å². The minimum absolute atomic E-state index is 0.0941. The maximum atomic E-state index is 13.7. The predicted molar refractivity (Wildman–Crippen MR) is 80.3 cm³/mol. The van der Waals surface area contributed by atoms with Gasteiger partial charge in [0.2, 0.25) is 0 Å². The van der Waals surface area contributed by atoms with E-state index in [1.54, 1.807) is 19.1 Å². The van der Waals surface area contributed by atoms with Crippen molar-refractivity contribution in [1.82, 2.24) is 0 Å². The minimum atomic E-state index is -1.16. The Morgan fingerprint density at radius 1 is 1.43 bits per heavy atom. The molecule has 1 aliphatic carbocycles. The molecule has 0 heterocycles. The molecule has 1 saturated carbocycles. The van der Waals surface area contributed by atoms with Gasteiger partial charge in [0, 0.05) is 6.42 Å². The highest BCUT2D eigenvalue weighted by molar-refractivity contribution is 9.10. The normalized spacial score (nSPS) is 22.1. The molecule has 2 rings (SSSR count). The Morgan fingerprint density at radius 3 is 2.86 bits per heavy atom. The second-order valence-corrected chi connectivity index (χ2v) is 6.12. The van der Waals surface area contributed by atoms with Crippen LogP contribution in [0.25, 0.3) is 0 Å². The van der Waals surface area contributed by atoms with E-state index in [1.165, 1.54) is 6.07 Å². The SMILES string of the molecule is CCOC(=O)C1(Cc2cccc(F)c2Br)CCCCC1=O. The quantitative estimate of drug-likeness (QED) is 0.608. The van der Waals surface area contributed by atoms with E-state index in [0.29, 0.717) is 22.9 Å². The molecule has 0 spiro atoms. The topological polar surface area (TPSA) is 43.4 Å². The van der Waals surface area contributed by atoms with E-state index in [2.05, 4.69) is 15.9 Å². The smallest absolute Gasteiger partial charge is 0.319 e. The molecule has 0 radical (unpaired) electrons. The molecule has 0 aliphatic heterocycles. The molecule has 0 aromatic heterocycles. The van der Waals surface area contributed by atoms with Gasteiger partial charge in [-0.05, 0) is 53.7 Å². The van der Waals surface area contributed by atoms with E-state index < -0.39 is 17.2 Å². The van der Waals surface area contributed by atoms with Crippen LogP contribution in [0.5, 0.6) is 0 Å². The number of carbonyl (C=O) groups excluding carboxylic acids is 2. The Hall–Kier alpha value is -1.23. The highest BCUT2D eigenvalue weighted by atomic mass is 79.9. The van der Waals surface area contributed by atoms with E-state index in [1.807, 2.05) is 0 Å². The summed E-state index contributed by atoms with van der Waals surface area (Å²) in [7, 11) is 0. The molecule has 5 heteroatoms. The van der Waals surface area contributed by atoms with Crippen LogP contribution in [-0.2, 0) is 20.7 Å². The Labute approximate surface area is 132 Å². The summed E-state index contributed by atoms with van der Waals surface area (Å²) in [5.74, 6) is -0.969. The molecule has 1 fully saturated rings. The molecule has 0 saturated heterocycles. The van der Waals surface area contributed by atoms with E-state index in [-0.39, 0.29) is 18.8 Å². The van der Waals surface area contributed by atoms with E-state index in [0.717, 1.165) is 12.8 Å². The summed E-state index contributed by atoms with van der Waals surface area (Å²) < 4.78 is 19.1. The lowest BCUT2D eigenvalue weighted by molar-refractivity contribution is -0.162. The summed E-state index contributed by atoms with van der Waals surface area (Å²) in [4.78, 5) is 24.8. The number of ketones is 1. The van der Waals surface area contributed by atoms with Crippen molar-refractivity contribution in [3.63, 3.8) is 0 Å². The first-order valence-electron chi connectivity index (χ1n) is 7.14. The van der Waals surface area contributed by atoms with Gasteiger partial charge in [0.05, 0.1) is 11.1 Å². The third-order valence-corrected chi connectivity index (χ3v) is 4.87. The average Bonchev–Trinajstić information content (AvgIpc) is 2.46. The van der Waals surface area contributed by atoms with Gasteiger partial charge in [0.1, 0.15) is 11.2 Å². The van der Waals surface area contributed by atoms with Crippen LogP contribution in [0, 0.1) is 11.2 Å². The largest absolute Gasteiger partial charge is 0.465 e. The second kappa shape index (κ2) is 6.69. The van der Waals surface area contributed by atoms with Crippen molar-refractivity contribution in [2.75, 3.05) is 6.61 Å². The summed E-state index contributed by atoms with van der Waals surface area (Å²) >= 11 is 3.20. The number of benzene rings is 1. The number of ether oxygens (including phenoxy) is 1. The molecule has 3 nitrogen and oxygen atoms in total. The molecule has 114 valence electrons. The maximum absolute atomic E-state index is 13.7. The Morgan fingerprint density at radius 2 is 2.19 bits per heavy atom. The number of rotatable bonds is 4. The summed E-state index contributed by atoms with van der Waals surface area (Å²) in [5, 5.41) is 0. The zero-order valence-corrected chi connectivity index (χ0v) is 13.5. The zero-order valence-electron chi connectivity index (χ0n) is 12.0. The van der Waals surface area contributed by atoms with Crippen molar-refractivity contribution in [2.45, 2.75) is 39.0 Å². The number of carbonyl (C=O) groups is 2. The van der Waals surface area contributed by atoms with E-state index in [4.69, 9.17) is 4.74 Å². The van der Waals surface area contributed by atoms with E-state index >= 15 is 0 Å². The van der Waals surface area contributed by atoms with E-state index in [9.17, 15) is 14.0 Å². The van der Waals surface area contributed by atoms with Crippen LogP contribution in [0.1, 0.15) is 38.2 Å². The van der Waals surface area contributed by atoms with Gasteiger partial charge < -0.3 is 4.74 Å². The third-order valence-electron chi connectivity index (χ3n) is 3.98. The summed E-state index contributed by atoms with van der Waals surface area (Å²) in [6.45, 7) is 1.95. The van der Waals surface area contributed by atoms with Gasteiger partial charge in [-0.15, -0.1) is 0 Å². The molecule has 0 N–H and O–H groups in total. The van der Waals surface area contributed by atoms with Crippen molar-refractivity contribution in [3.05, 3.63) is 34.1 Å². The fraction of sp³-hybridized carbons (Fsp3) is 0.500. The van der Waals surface area contributed by atoms with Gasteiger partial charge in [-0.3, -0.25) is 9.59 Å². The van der Waals surface area contributed by atoms with Gasteiger partial charge in [0.15, 0.2) is 5.78 Å². The van der Waals surface area contributed by atoms with Crippen LogP contribution in [0.4, 0.5) is 4.39 Å². The Kier molecular flexibility index (Phi) is 5.14. The van der Waals surface area contributed by atoms with Gasteiger partial charge in [-0.1, -0.05) is 18.6 Å². The second-order valence-electron chi connectivity index (χ2n) is 5.32. The molecule has 1 aromatic rings. The van der Waals surface area contributed by atoms with Crippen LogP contribution < -0.4 is 0 Å². The van der Waals surface area contributed by atoms with Crippen LogP contribution in [0.2, 0.25) is 0 Å². The number of esters is 1. The highest BCUT2D eigenvalue weighted by Crippen LogP contribution is 2.39. The molecule has 1 unspecified atom stereocenters. The van der Waals surface area contributed by atoms with Crippen molar-refractivity contribution >= 4 is 27.7 Å². The lowest BCUT2D eigenvalue weighted by Gasteiger charge is -2.33. The molecule has 21 heavy (non-hydrogen) atoms. The summed E-state index contributed by atoms with van der Waals surface area (Å²) in [5.41, 5.74) is -0.539. The van der Waals surface area contributed by atoms with Crippen molar-refractivity contribution in [1.29, 1.82) is 0 Å². The first kappa shape index (κ1) is 16.1. The number of Topliss-reactive ketones (excluding diaryl/α,β-unsaturated/α-hetero) is 1. The van der Waals surface area contributed by atoms with Gasteiger partial charge >= 0.3 is 5.97 Å². The molecular formula is C16H18BrFO3. The predicted octanol–water partition coefficient (Wildman–Crippen LogP) is 3.82. The maximum Gasteiger partial charge on any atom is 0.319 e. The average molecular weight is 357 g/mol. The Bertz CT molecular complexity index is 558. The molecule has 1 aromatic carbocycles. The van der Waals surface area contributed by atoms with Crippen LogP contribution in [-0.4, -0.2) is 18.4 Å². The summed E-state index contributed by atoms with van der Waals surface area (Å²) in [6.07, 6.45) is 2.63. The van der Waals surface area contributed by atoms with Crippen molar-refractivity contribution in [3.8, 4) is 0 Å². The van der Waals surface area contributed by atoms with Gasteiger partial charge in [0.25, 0.3) is 0 Å². The fourth-order valence-electron chi connectivity index (χ4n) is 2.85. The monoisotopic (exact) mass is 356 g/mol. The standard InChI is InChI=1S/C16H18BrFO3/c1-2-21-15(20)16(9-4-3-8-13(16)19)10-11-6-5-7-12(18)14(11)17/h5-7H,2-4,8-10H2,1H3. The van der Waals surface area contributed by atoms with Crippen LogP contribution in [0.3, 0.4) is 0 Å². The number of hydrogen-bond acceptors (Lipinski definition) is 3. The number of halogens is 2. The molecule has 0 bridgehead atoms. The first-order valence-corrected chi connectivity index (χ1v) is 7.94.